The first-order valence-electron chi connectivity index (χ1n) is 7.64. The highest BCUT2D eigenvalue weighted by atomic mass is 19.4. The topological polar surface area (TPSA) is 67.4 Å². The number of hydrogen-bond acceptors (Lipinski definition) is 3. The van der Waals surface area contributed by atoms with Gasteiger partial charge in [-0.1, -0.05) is 29.8 Å². The highest BCUT2D eigenvalue weighted by molar-refractivity contribution is 6.01. The molecule has 0 spiro atoms. The largest absolute Gasteiger partial charge is 0.483 e. The maximum Gasteiger partial charge on any atom is 0.471 e. The minimum atomic E-state index is -5.02. The van der Waals surface area contributed by atoms with Crippen LogP contribution in [0.4, 0.5) is 24.5 Å². The summed E-state index contributed by atoms with van der Waals surface area (Å²) >= 11 is 0. The van der Waals surface area contributed by atoms with Crippen molar-refractivity contribution in [2.24, 2.45) is 0 Å². The predicted molar refractivity (Wildman–Crippen MR) is 91.2 cm³/mol. The number of nitrogens with one attached hydrogen (secondary N) is 2. The lowest BCUT2D eigenvalue weighted by atomic mass is 10.1. The van der Waals surface area contributed by atoms with Crippen molar-refractivity contribution in [1.29, 1.82) is 0 Å². The Kier molecular flexibility index (Phi) is 5.86. The summed E-state index contributed by atoms with van der Waals surface area (Å²) in [6.07, 6.45) is -5.02. The van der Waals surface area contributed by atoms with E-state index >= 15 is 0 Å². The number of hydrogen-bond donors (Lipinski definition) is 2. The molecule has 5 nitrogen and oxygen atoms in total. The van der Waals surface area contributed by atoms with Crippen molar-refractivity contribution in [3.05, 3.63) is 53.6 Å². The zero-order valence-corrected chi connectivity index (χ0v) is 14.1. The molecule has 2 amide bonds. The number of halogens is 3. The minimum absolute atomic E-state index is 0.0410. The third-order valence-electron chi connectivity index (χ3n) is 3.40. The van der Waals surface area contributed by atoms with Gasteiger partial charge in [-0.3, -0.25) is 9.59 Å². The first-order chi connectivity index (χ1) is 12.2. The molecule has 0 radical (unpaired) electrons. The smallest absolute Gasteiger partial charge is 0.471 e. The Bertz CT molecular complexity index is 820. The fourth-order valence-corrected chi connectivity index (χ4v) is 2.19. The lowest BCUT2D eigenvalue weighted by molar-refractivity contribution is -0.167. The van der Waals surface area contributed by atoms with E-state index in [4.69, 9.17) is 4.74 Å². The Morgan fingerprint density at radius 2 is 1.62 bits per heavy atom. The number of benzene rings is 2. The summed E-state index contributed by atoms with van der Waals surface area (Å²) in [6.45, 7) is 3.43. The van der Waals surface area contributed by atoms with E-state index in [0.29, 0.717) is 5.75 Å². The molecule has 0 aliphatic rings. The molecule has 2 N–H and O–H groups in total. The van der Waals surface area contributed by atoms with Crippen LogP contribution in [-0.4, -0.2) is 24.6 Å². The Labute approximate surface area is 148 Å². The van der Waals surface area contributed by atoms with Gasteiger partial charge in [-0.2, -0.15) is 13.2 Å². The fourth-order valence-electron chi connectivity index (χ4n) is 2.19. The average molecular weight is 366 g/mol. The van der Waals surface area contributed by atoms with Gasteiger partial charge in [0.25, 0.3) is 5.91 Å². The van der Waals surface area contributed by atoms with Gasteiger partial charge in [-0.25, -0.2) is 0 Å². The maximum absolute atomic E-state index is 12.4. The van der Waals surface area contributed by atoms with Crippen LogP contribution in [0.3, 0.4) is 0 Å². The van der Waals surface area contributed by atoms with Crippen LogP contribution >= 0.6 is 0 Å². The van der Waals surface area contributed by atoms with Crippen LogP contribution in [0.15, 0.2) is 42.5 Å². The lowest BCUT2D eigenvalue weighted by Gasteiger charge is -2.14. The van der Waals surface area contributed by atoms with Crippen LogP contribution in [0.25, 0.3) is 0 Å². The van der Waals surface area contributed by atoms with Crippen LogP contribution in [0, 0.1) is 13.8 Å². The summed E-state index contributed by atoms with van der Waals surface area (Å²) in [7, 11) is 0. The molecule has 0 aromatic heterocycles. The van der Waals surface area contributed by atoms with E-state index in [1.165, 1.54) is 24.3 Å². The summed E-state index contributed by atoms with van der Waals surface area (Å²) in [6, 6.07) is 11.1. The SMILES string of the molecule is Cc1ccc(OCC(=O)Nc2ccccc2NC(=O)C(F)(F)F)c(C)c1. The number of alkyl halides is 3. The molecule has 8 heteroatoms. The van der Waals surface area contributed by atoms with Gasteiger partial charge in [-0.05, 0) is 37.6 Å². The molecule has 0 unspecified atom stereocenters. The summed E-state index contributed by atoms with van der Waals surface area (Å²) in [5.41, 5.74) is 1.79. The average Bonchev–Trinajstić information content (AvgIpc) is 2.55. The summed E-state index contributed by atoms with van der Waals surface area (Å²) in [4.78, 5) is 23.1. The van der Waals surface area contributed by atoms with E-state index < -0.39 is 18.0 Å². The van der Waals surface area contributed by atoms with Crippen LogP contribution in [0.2, 0.25) is 0 Å². The fraction of sp³-hybridized carbons (Fsp3) is 0.222. The molecular formula is C18H17F3N2O3. The second-order valence-electron chi connectivity index (χ2n) is 5.60. The van der Waals surface area contributed by atoms with Crippen LogP contribution in [-0.2, 0) is 9.59 Å². The normalized spacial score (nSPS) is 11.0. The molecule has 0 saturated heterocycles. The van der Waals surface area contributed by atoms with Gasteiger partial charge >= 0.3 is 12.1 Å². The van der Waals surface area contributed by atoms with Crippen molar-refractivity contribution in [2.45, 2.75) is 20.0 Å². The molecule has 0 heterocycles. The molecule has 138 valence electrons. The second kappa shape index (κ2) is 7.90. The van der Waals surface area contributed by atoms with Gasteiger partial charge in [0.2, 0.25) is 0 Å². The first kappa shape index (κ1) is 19.3. The molecule has 0 aliphatic heterocycles. The van der Waals surface area contributed by atoms with Gasteiger partial charge in [0.05, 0.1) is 11.4 Å². The van der Waals surface area contributed by atoms with Crippen molar-refractivity contribution in [3.63, 3.8) is 0 Å². The number of aryl methyl sites for hydroxylation is 2. The molecule has 0 atom stereocenters. The molecular weight excluding hydrogens is 349 g/mol. The number of rotatable bonds is 5. The number of carbonyl (C=O) groups is 2. The first-order valence-corrected chi connectivity index (χ1v) is 7.64. The third-order valence-corrected chi connectivity index (χ3v) is 3.40. The van der Waals surface area contributed by atoms with E-state index in [-0.39, 0.29) is 18.0 Å². The van der Waals surface area contributed by atoms with Gasteiger partial charge in [0.15, 0.2) is 6.61 Å². The number of ether oxygens (including phenoxy) is 1. The van der Waals surface area contributed by atoms with Crippen molar-refractivity contribution in [2.75, 3.05) is 17.2 Å². The summed E-state index contributed by atoms with van der Waals surface area (Å²) < 4.78 is 42.6. The molecule has 2 rings (SSSR count). The van der Waals surface area contributed by atoms with E-state index in [2.05, 4.69) is 5.32 Å². The van der Waals surface area contributed by atoms with Gasteiger partial charge in [-0.15, -0.1) is 0 Å². The highest BCUT2D eigenvalue weighted by Crippen LogP contribution is 2.24. The summed E-state index contributed by atoms with van der Waals surface area (Å²) in [5, 5.41) is 4.15. The third kappa shape index (κ3) is 5.23. The van der Waals surface area contributed by atoms with Crippen molar-refractivity contribution in [3.8, 4) is 5.75 Å². The molecule has 0 aliphatic carbocycles. The Morgan fingerprint density at radius 1 is 1.00 bits per heavy atom. The van der Waals surface area contributed by atoms with E-state index in [1.807, 2.05) is 26.0 Å². The molecule has 0 fully saturated rings. The predicted octanol–water partition coefficient (Wildman–Crippen LogP) is 3.82. The van der Waals surface area contributed by atoms with Crippen molar-refractivity contribution >= 4 is 23.2 Å². The van der Waals surface area contributed by atoms with E-state index in [9.17, 15) is 22.8 Å². The molecule has 2 aromatic rings. The van der Waals surface area contributed by atoms with Gasteiger partial charge in [0.1, 0.15) is 5.75 Å². The number of carbonyl (C=O) groups excluding carboxylic acids is 2. The quantitative estimate of drug-likeness (QED) is 0.845. The Balaban J connectivity index is 2.02. The van der Waals surface area contributed by atoms with Gasteiger partial charge < -0.3 is 15.4 Å². The minimum Gasteiger partial charge on any atom is -0.483 e. The number of anilines is 2. The monoisotopic (exact) mass is 366 g/mol. The van der Waals surface area contributed by atoms with E-state index in [0.717, 1.165) is 11.1 Å². The lowest BCUT2D eigenvalue weighted by Crippen LogP contribution is -2.30. The molecule has 0 bridgehead atoms. The summed E-state index contributed by atoms with van der Waals surface area (Å²) in [5.74, 6) is -2.16. The van der Waals surface area contributed by atoms with Crippen molar-refractivity contribution < 1.29 is 27.5 Å². The standard InChI is InChI=1S/C18H17F3N2O3/c1-11-7-8-15(12(2)9-11)26-10-16(24)22-13-5-3-4-6-14(13)23-17(25)18(19,20)21/h3-9H,10H2,1-2H3,(H,22,24)(H,23,25). The maximum atomic E-state index is 12.4. The second-order valence-corrected chi connectivity index (χ2v) is 5.60. The highest BCUT2D eigenvalue weighted by Gasteiger charge is 2.39. The number of amides is 2. The van der Waals surface area contributed by atoms with Gasteiger partial charge in [0, 0.05) is 0 Å². The zero-order chi connectivity index (χ0) is 19.3. The Hall–Kier alpha value is -3.03. The molecule has 2 aromatic carbocycles. The Morgan fingerprint density at radius 3 is 2.19 bits per heavy atom. The molecule has 26 heavy (non-hydrogen) atoms. The number of para-hydroxylation sites is 2. The molecule has 0 saturated carbocycles. The van der Waals surface area contributed by atoms with Crippen LogP contribution < -0.4 is 15.4 Å². The van der Waals surface area contributed by atoms with E-state index in [1.54, 1.807) is 11.4 Å². The van der Waals surface area contributed by atoms with Crippen molar-refractivity contribution in [1.82, 2.24) is 0 Å². The van der Waals surface area contributed by atoms with Crippen LogP contribution in [0.5, 0.6) is 5.75 Å². The zero-order valence-electron chi connectivity index (χ0n) is 14.1. The van der Waals surface area contributed by atoms with Crippen LogP contribution in [0.1, 0.15) is 11.1 Å².